The summed E-state index contributed by atoms with van der Waals surface area (Å²) in [7, 11) is -0.369. The quantitative estimate of drug-likeness (QED) is 0.477. The monoisotopic (exact) mass is 428 g/mol. The number of likely N-dealkylation sites (N-methyl/N-ethyl adjacent to an activating group) is 1. The van der Waals surface area contributed by atoms with Crippen molar-refractivity contribution >= 4 is 32.5 Å². The Bertz CT molecular complexity index is 1210. The molecule has 0 N–H and O–H groups in total. The maximum Gasteiger partial charge on any atom is 0.418 e. The Kier molecular flexibility index (Phi) is 4.30. The minimum Gasteiger partial charge on any atom is -0.309 e. The van der Waals surface area contributed by atoms with E-state index in [1.54, 1.807) is 18.2 Å². The van der Waals surface area contributed by atoms with Crippen LogP contribution in [0.2, 0.25) is 5.02 Å². The lowest BCUT2D eigenvalue weighted by Gasteiger charge is -2.17. The van der Waals surface area contributed by atoms with Crippen LogP contribution in [0, 0.1) is 0 Å². The Hall–Kier alpha value is -2.03. The summed E-state index contributed by atoms with van der Waals surface area (Å²) in [6.07, 6.45) is -2.86. The summed E-state index contributed by atoms with van der Waals surface area (Å²) in [5, 5.41) is 0.177. The first-order valence-corrected chi connectivity index (χ1v) is 10.3. The van der Waals surface area contributed by atoms with Gasteiger partial charge in [-0.05, 0) is 44.3 Å². The topological polar surface area (TPSA) is 42.3 Å². The number of fused-ring (bicyclic) bond motifs is 7. The molecule has 1 aliphatic rings. The summed E-state index contributed by atoms with van der Waals surface area (Å²) >= 11 is 6.20. The molecule has 0 radical (unpaired) electrons. The molecule has 0 aliphatic carbocycles. The number of benzene rings is 2. The van der Waals surface area contributed by atoms with Crippen molar-refractivity contribution in [2.45, 2.75) is 17.5 Å². The number of aromatic nitrogens is 1. The fourth-order valence-electron chi connectivity index (χ4n) is 3.54. The van der Waals surface area contributed by atoms with Crippen LogP contribution in [0.15, 0.2) is 41.4 Å². The van der Waals surface area contributed by atoms with E-state index in [4.69, 9.17) is 11.6 Å². The summed E-state index contributed by atoms with van der Waals surface area (Å²) < 4.78 is 67.7. The Morgan fingerprint density at radius 2 is 1.82 bits per heavy atom. The Labute approximate surface area is 165 Å². The predicted octanol–water partition coefficient (Wildman–Crippen LogP) is 4.64. The standard InChI is InChI=1S/C19H16ClF3N2O2S/c1-24(2)8-7-11-3-4-12-13-10-25(28(26,27)16(12)9-11)18-14(19(21,22)23)5-6-15(20)17(13)18/h3-6,9-10H,7-8H2,1-2H3. The van der Waals surface area contributed by atoms with E-state index in [1.807, 2.05) is 19.0 Å². The van der Waals surface area contributed by atoms with Crippen LogP contribution < -0.4 is 0 Å². The summed E-state index contributed by atoms with van der Waals surface area (Å²) in [4.78, 5) is 1.97. The second kappa shape index (κ2) is 6.23. The minimum atomic E-state index is -4.71. The van der Waals surface area contributed by atoms with E-state index in [0.29, 0.717) is 21.5 Å². The molecule has 0 saturated heterocycles. The van der Waals surface area contributed by atoms with Crippen LogP contribution in [0.5, 0.6) is 0 Å². The third-order valence-electron chi connectivity index (χ3n) is 4.89. The lowest BCUT2D eigenvalue weighted by Crippen LogP contribution is -2.18. The molecule has 0 saturated carbocycles. The third-order valence-corrected chi connectivity index (χ3v) is 6.90. The maximum absolute atomic E-state index is 13.6. The van der Waals surface area contributed by atoms with Crippen LogP contribution in [-0.4, -0.2) is 37.9 Å². The van der Waals surface area contributed by atoms with Crippen molar-refractivity contribution in [3.63, 3.8) is 0 Å². The summed E-state index contributed by atoms with van der Waals surface area (Å²) in [6.45, 7) is 0.718. The van der Waals surface area contributed by atoms with Gasteiger partial charge in [0.1, 0.15) is 0 Å². The molecule has 0 atom stereocenters. The minimum absolute atomic E-state index is 0.00153. The molecular weight excluding hydrogens is 413 g/mol. The van der Waals surface area contributed by atoms with Crippen molar-refractivity contribution in [2.24, 2.45) is 0 Å². The van der Waals surface area contributed by atoms with Gasteiger partial charge in [0.25, 0.3) is 10.0 Å². The zero-order valence-corrected chi connectivity index (χ0v) is 16.6. The lowest BCUT2D eigenvalue weighted by molar-refractivity contribution is -0.136. The molecule has 1 aliphatic heterocycles. The van der Waals surface area contributed by atoms with Gasteiger partial charge in [-0.2, -0.15) is 13.2 Å². The van der Waals surface area contributed by atoms with E-state index in [1.165, 1.54) is 6.20 Å². The fourth-order valence-corrected chi connectivity index (χ4v) is 5.43. The van der Waals surface area contributed by atoms with Crippen molar-refractivity contribution in [3.05, 3.63) is 52.7 Å². The molecule has 0 fully saturated rings. The Morgan fingerprint density at radius 1 is 1.11 bits per heavy atom. The maximum atomic E-state index is 13.6. The molecule has 4 nitrogen and oxygen atoms in total. The molecule has 3 aromatic rings. The van der Waals surface area contributed by atoms with Gasteiger partial charge in [-0.3, -0.25) is 0 Å². The summed E-state index contributed by atoms with van der Waals surface area (Å²) in [6, 6.07) is 6.96. The molecule has 0 amide bonds. The first-order valence-electron chi connectivity index (χ1n) is 8.46. The van der Waals surface area contributed by atoms with Crippen LogP contribution in [0.4, 0.5) is 13.2 Å². The van der Waals surface area contributed by atoms with Crippen LogP contribution in [0.1, 0.15) is 11.1 Å². The molecular formula is C19H16ClF3N2O2S. The van der Waals surface area contributed by atoms with Crippen LogP contribution in [-0.2, 0) is 22.6 Å². The highest BCUT2D eigenvalue weighted by Gasteiger charge is 2.39. The number of nitrogens with zero attached hydrogens (tertiary/aromatic N) is 2. The van der Waals surface area contributed by atoms with E-state index >= 15 is 0 Å². The summed E-state index contributed by atoms with van der Waals surface area (Å²) in [5.74, 6) is 0. The second-order valence-electron chi connectivity index (χ2n) is 7.04. The molecule has 148 valence electrons. The zero-order chi connectivity index (χ0) is 20.4. The molecule has 2 bridgehead atoms. The van der Waals surface area contributed by atoms with Gasteiger partial charge in [-0.15, -0.1) is 0 Å². The predicted molar refractivity (Wildman–Crippen MR) is 102 cm³/mol. The van der Waals surface area contributed by atoms with E-state index < -0.39 is 27.3 Å². The molecule has 4 rings (SSSR count). The van der Waals surface area contributed by atoms with Gasteiger partial charge in [0.15, 0.2) is 0 Å². The van der Waals surface area contributed by atoms with E-state index in [9.17, 15) is 21.6 Å². The van der Waals surface area contributed by atoms with Crippen LogP contribution in [0.25, 0.3) is 22.0 Å². The first kappa shape index (κ1) is 19.3. The Balaban J connectivity index is 2.02. The van der Waals surface area contributed by atoms with Gasteiger partial charge >= 0.3 is 6.18 Å². The fraction of sp³-hybridized carbons (Fsp3) is 0.263. The van der Waals surface area contributed by atoms with Crippen LogP contribution in [0.3, 0.4) is 0 Å². The largest absolute Gasteiger partial charge is 0.418 e. The van der Waals surface area contributed by atoms with Gasteiger partial charge in [0.05, 0.1) is 21.0 Å². The molecule has 28 heavy (non-hydrogen) atoms. The summed E-state index contributed by atoms with van der Waals surface area (Å²) in [5.41, 5.74) is 0.0913. The van der Waals surface area contributed by atoms with E-state index in [0.717, 1.165) is 24.2 Å². The molecule has 2 aromatic carbocycles. The van der Waals surface area contributed by atoms with Gasteiger partial charge in [0.2, 0.25) is 0 Å². The van der Waals surface area contributed by atoms with Gasteiger partial charge in [-0.25, -0.2) is 12.4 Å². The molecule has 9 heteroatoms. The third kappa shape index (κ3) is 2.82. The Morgan fingerprint density at radius 3 is 2.46 bits per heavy atom. The second-order valence-corrected chi connectivity index (χ2v) is 9.23. The number of halogens is 4. The average molecular weight is 429 g/mol. The lowest BCUT2D eigenvalue weighted by atomic mass is 10.0. The van der Waals surface area contributed by atoms with Crippen molar-refractivity contribution in [3.8, 4) is 11.1 Å². The number of rotatable bonds is 3. The number of hydrogen-bond donors (Lipinski definition) is 0. The molecule has 0 spiro atoms. The van der Waals surface area contributed by atoms with E-state index in [2.05, 4.69) is 0 Å². The van der Waals surface area contributed by atoms with Crippen molar-refractivity contribution in [2.75, 3.05) is 20.6 Å². The highest BCUT2D eigenvalue weighted by atomic mass is 35.5. The first-order chi connectivity index (χ1) is 13.0. The molecule has 2 heterocycles. The molecule has 1 aromatic heterocycles. The number of alkyl halides is 3. The van der Waals surface area contributed by atoms with Crippen LogP contribution >= 0.6 is 11.6 Å². The smallest absolute Gasteiger partial charge is 0.309 e. The van der Waals surface area contributed by atoms with Gasteiger partial charge in [0, 0.05) is 29.3 Å². The highest BCUT2D eigenvalue weighted by molar-refractivity contribution is 7.90. The number of hydrogen-bond acceptors (Lipinski definition) is 3. The van der Waals surface area contributed by atoms with Gasteiger partial charge < -0.3 is 4.90 Å². The van der Waals surface area contributed by atoms with Gasteiger partial charge in [-0.1, -0.05) is 23.7 Å². The van der Waals surface area contributed by atoms with Crippen molar-refractivity contribution < 1.29 is 21.6 Å². The van der Waals surface area contributed by atoms with E-state index in [-0.39, 0.29) is 15.3 Å². The highest BCUT2D eigenvalue weighted by Crippen LogP contribution is 2.47. The molecule has 0 unspecified atom stereocenters. The SMILES string of the molecule is CN(C)CCc1ccc2c(c1)S(=O)(=O)n1cc-2c2c(Cl)ccc(C(F)(F)F)c21. The van der Waals surface area contributed by atoms with Crippen molar-refractivity contribution in [1.29, 1.82) is 0 Å². The normalized spacial score (nSPS) is 15.2. The average Bonchev–Trinajstić information content (AvgIpc) is 2.97. The van der Waals surface area contributed by atoms with Crippen molar-refractivity contribution in [1.82, 2.24) is 8.87 Å². The zero-order valence-electron chi connectivity index (χ0n) is 15.0.